The minimum atomic E-state index is 0.101. The van der Waals surface area contributed by atoms with Gasteiger partial charge in [-0.2, -0.15) is 0 Å². The van der Waals surface area contributed by atoms with E-state index in [-0.39, 0.29) is 5.78 Å². The van der Waals surface area contributed by atoms with Crippen LogP contribution in [0, 0.1) is 0 Å². The average Bonchev–Trinajstić information content (AvgIpc) is 3.10. The molecule has 0 saturated carbocycles. The van der Waals surface area contributed by atoms with Crippen LogP contribution in [0.2, 0.25) is 0 Å². The van der Waals surface area contributed by atoms with E-state index < -0.39 is 0 Å². The van der Waals surface area contributed by atoms with Gasteiger partial charge in [0.2, 0.25) is 5.78 Å². The van der Waals surface area contributed by atoms with E-state index in [4.69, 9.17) is 4.74 Å². The van der Waals surface area contributed by atoms with E-state index in [1.165, 1.54) is 16.9 Å². The van der Waals surface area contributed by atoms with Gasteiger partial charge in [-0.15, -0.1) is 11.3 Å². The fourth-order valence-electron chi connectivity index (χ4n) is 3.01. The number of carbonyl (C=O) groups excluding carboxylic acids is 1. The molecule has 1 aromatic carbocycles. The molecular formula is C16H13BrO2S. The van der Waals surface area contributed by atoms with Crippen molar-refractivity contribution in [1.82, 2.24) is 0 Å². The van der Waals surface area contributed by atoms with E-state index in [0.717, 1.165) is 39.9 Å². The largest absolute Gasteiger partial charge is 0.492 e. The minimum absolute atomic E-state index is 0.101. The van der Waals surface area contributed by atoms with Gasteiger partial charge in [-0.1, -0.05) is 15.9 Å². The molecule has 102 valence electrons. The number of ether oxygens (including phenoxy) is 1. The van der Waals surface area contributed by atoms with Crippen LogP contribution in [-0.2, 0) is 19.3 Å². The quantitative estimate of drug-likeness (QED) is 0.761. The highest BCUT2D eigenvalue weighted by Crippen LogP contribution is 2.37. The Balaban J connectivity index is 1.78. The van der Waals surface area contributed by atoms with Gasteiger partial charge in [-0.05, 0) is 48.6 Å². The van der Waals surface area contributed by atoms with Gasteiger partial charge in [0.25, 0.3) is 0 Å². The van der Waals surface area contributed by atoms with Crippen molar-refractivity contribution in [2.24, 2.45) is 0 Å². The summed E-state index contributed by atoms with van der Waals surface area (Å²) in [6, 6.07) is 6.02. The summed E-state index contributed by atoms with van der Waals surface area (Å²) in [6.07, 6.45) is 4.35. The molecule has 0 spiro atoms. The van der Waals surface area contributed by atoms with Crippen LogP contribution in [-0.4, -0.2) is 12.4 Å². The lowest BCUT2D eigenvalue weighted by molar-refractivity contribution is 0.103. The molecule has 2 aromatic rings. The smallest absolute Gasteiger partial charge is 0.206 e. The van der Waals surface area contributed by atoms with E-state index in [9.17, 15) is 4.79 Å². The first-order valence-electron chi connectivity index (χ1n) is 6.84. The lowest BCUT2D eigenvalue weighted by atomic mass is 10.0. The van der Waals surface area contributed by atoms with E-state index >= 15 is 0 Å². The van der Waals surface area contributed by atoms with E-state index in [0.29, 0.717) is 12.2 Å². The predicted molar refractivity (Wildman–Crippen MR) is 83.1 cm³/mol. The Morgan fingerprint density at radius 2 is 2.05 bits per heavy atom. The van der Waals surface area contributed by atoms with E-state index in [2.05, 4.69) is 22.0 Å². The summed E-state index contributed by atoms with van der Waals surface area (Å²) in [5, 5.41) is 0. The van der Waals surface area contributed by atoms with Crippen molar-refractivity contribution in [3.8, 4) is 5.75 Å². The Bertz CT molecular complexity index is 696. The number of fused-ring (bicyclic) bond motifs is 2. The van der Waals surface area contributed by atoms with Crippen LogP contribution < -0.4 is 4.74 Å². The van der Waals surface area contributed by atoms with Gasteiger partial charge >= 0.3 is 0 Å². The Morgan fingerprint density at radius 3 is 2.90 bits per heavy atom. The maximum atomic E-state index is 12.8. The molecule has 0 amide bonds. The number of hydrogen-bond donors (Lipinski definition) is 0. The highest BCUT2D eigenvalue weighted by molar-refractivity contribution is 9.10. The van der Waals surface area contributed by atoms with Crippen molar-refractivity contribution in [2.45, 2.75) is 25.7 Å². The van der Waals surface area contributed by atoms with E-state index in [1.54, 1.807) is 11.3 Å². The topological polar surface area (TPSA) is 26.3 Å². The summed E-state index contributed by atoms with van der Waals surface area (Å²) in [5.74, 6) is 0.885. The third kappa shape index (κ3) is 1.93. The first-order chi connectivity index (χ1) is 9.72. The first-order valence-corrected chi connectivity index (χ1v) is 8.45. The van der Waals surface area contributed by atoms with Crippen LogP contribution in [0.25, 0.3) is 0 Å². The number of hydrogen-bond acceptors (Lipinski definition) is 3. The molecule has 2 aliphatic rings. The SMILES string of the molecule is O=C(c1cc2c(s1)CCC2)c1cc(Br)cc2c1OCC2. The standard InChI is InChI=1S/C16H13BrO2S/c17-11-6-10-4-5-19-16(10)12(8-11)15(18)14-7-9-2-1-3-13(9)20-14/h6-8H,1-5H2. The van der Waals surface area contributed by atoms with Crippen molar-refractivity contribution in [1.29, 1.82) is 0 Å². The fraction of sp³-hybridized carbons (Fsp3) is 0.312. The normalized spacial score (nSPS) is 15.8. The molecule has 1 aromatic heterocycles. The van der Waals surface area contributed by atoms with Crippen molar-refractivity contribution in [3.05, 3.63) is 49.1 Å². The molecule has 0 N–H and O–H groups in total. The molecule has 0 bridgehead atoms. The number of ketones is 1. The molecular weight excluding hydrogens is 336 g/mol. The third-order valence-electron chi connectivity index (χ3n) is 3.96. The Kier molecular flexibility index (Phi) is 2.97. The molecule has 0 radical (unpaired) electrons. The number of rotatable bonds is 2. The Hall–Kier alpha value is -1.13. The molecule has 2 nitrogen and oxygen atoms in total. The van der Waals surface area contributed by atoms with Gasteiger partial charge in [0.1, 0.15) is 5.75 Å². The average molecular weight is 349 g/mol. The minimum Gasteiger partial charge on any atom is -0.492 e. The van der Waals surface area contributed by atoms with Gasteiger partial charge in [-0.3, -0.25) is 4.79 Å². The summed E-state index contributed by atoms with van der Waals surface area (Å²) in [6.45, 7) is 0.674. The number of benzene rings is 1. The van der Waals surface area contributed by atoms with Crippen LogP contribution in [0.4, 0.5) is 0 Å². The summed E-state index contributed by atoms with van der Waals surface area (Å²) in [4.78, 5) is 15.0. The van der Waals surface area contributed by atoms with Crippen LogP contribution in [0.15, 0.2) is 22.7 Å². The van der Waals surface area contributed by atoms with Gasteiger partial charge in [0.15, 0.2) is 0 Å². The second-order valence-corrected chi connectivity index (χ2v) is 7.33. The third-order valence-corrected chi connectivity index (χ3v) is 5.66. The molecule has 2 heterocycles. The second kappa shape index (κ2) is 4.71. The van der Waals surface area contributed by atoms with Gasteiger partial charge in [0, 0.05) is 15.8 Å². The zero-order valence-corrected chi connectivity index (χ0v) is 13.3. The van der Waals surface area contributed by atoms with Gasteiger partial charge < -0.3 is 4.74 Å². The highest BCUT2D eigenvalue weighted by atomic mass is 79.9. The van der Waals surface area contributed by atoms with Crippen LogP contribution in [0.1, 0.15) is 37.7 Å². The molecule has 0 atom stereocenters. The molecule has 0 saturated heterocycles. The fourth-order valence-corrected chi connectivity index (χ4v) is 4.72. The van der Waals surface area contributed by atoms with Crippen molar-refractivity contribution >= 4 is 33.0 Å². The lowest BCUT2D eigenvalue weighted by Gasteiger charge is -2.07. The molecule has 4 rings (SSSR count). The highest BCUT2D eigenvalue weighted by Gasteiger charge is 2.25. The number of aryl methyl sites for hydroxylation is 2. The lowest BCUT2D eigenvalue weighted by Crippen LogP contribution is -2.02. The predicted octanol–water partition coefficient (Wildman–Crippen LogP) is 4.17. The monoisotopic (exact) mass is 348 g/mol. The van der Waals surface area contributed by atoms with Gasteiger partial charge in [0.05, 0.1) is 17.0 Å². The van der Waals surface area contributed by atoms with Crippen LogP contribution in [0.3, 0.4) is 0 Å². The zero-order chi connectivity index (χ0) is 13.7. The molecule has 4 heteroatoms. The molecule has 0 fully saturated rings. The zero-order valence-electron chi connectivity index (χ0n) is 10.9. The molecule has 20 heavy (non-hydrogen) atoms. The molecule has 1 aliphatic carbocycles. The number of carbonyl (C=O) groups is 1. The maximum Gasteiger partial charge on any atom is 0.206 e. The number of halogens is 1. The molecule has 1 aliphatic heterocycles. The van der Waals surface area contributed by atoms with Crippen molar-refractivity contribution in [3.63, 3.8) is 0 Å². The van der Waals surface area contributed by atoms with Crippen LogP contribution >= 0.6 is 27.3 Å². The van der Waals surface area contributed by atoms with Crippen molar-refractivity contribution < 1.29 is 9.53 Å². The van der Waals surface area contributed by atoms with Gasteiger partial charge in [-0.25, -0.2) is 0 Å². The summed E-state index contributed by atoms with van der Waals surface area (Å²) >= 11 is 5.15. The Morgan fingerprint density at radius 1 is 1.15 bits per heavy atom. The summed E-state index contributed by atoms with van der Waals surface area (Å²) in [7, 11) is 0. The second-order valence-electron chi connectivity index (χ2n) is 5.28. The first kappa shape index (κ1) is 12.6. The molecule has 0 unspecified atom stereocenters. The summed E-state index contributed by atoms with van der Waals surface area (Å²) in [5.41, 5.74) is 3.20. The van der Waals surface area contributed by atoms with Crippen molar-refractivity contribution in [2.75, 3.05) is 6.61 Å². The maximum absolute atomic E-state index is 12.8. The number of thiophene rings is 1. The van der Waals surface area contributed by atoms with Crippen LogP contribution in [0.5, 0.6) is 5.75 Å². The Labute approximate surface area is 129 Å². The van der Waals surface area contributed by atoms with E-state index in [1.807, 2.05) is 12.1 Å². The summed E-state index contributed by atoms with van der Waals surface area (Å²) < 4.78 is 6.62.